The Bertz CT molecular complexity index is 266. The third-order valence-electron chi connectivity index (χ3n) is 3.31. The van der Waals surface area contributed by atoms with Crippen LogP contribution in [0, 0.1) is 0 Å². The molecule has 19 heavy (non-hydrogen) atoms. The lowest BCUT2D eigenvalue weighted by Crippen LogP contribution is -1.97. The van der Waals surface area contributed by atoms with Gasteiger partial charge in [0, 0.05) is 5.57 Å². The van der Waals surface area contributed by atoms with Gasteiger partial charge >= 0.3 is 5.97 Å². The topological polar surface area (TPSA) is 37.3 Å². The van der Waals surface area contributed by atoms with Gasteiger partial charge in [-0.05, 0) is 25.7 Å². The van der Waals surface area contributed by atoms with E-state index >= 15 is 0 Å². The predicted octanol–water partition coefficient (Wildman–Crippen LogP) is 5.49. The summed E-state index contributed by atoms with van der Waals surface area (Å²) in [5.41, 5.74) is 0.303. The predicted molar refractivity (Wildman–Crippen MR) is 82.4 cm³/mol. The minimum absolute atomic E-state index is 0.303. The Labute approximate surface area is 118 Å². The van der Waals surface area contributed by atoms with E-state index in [2.05, 4.69) is 25.7 Å². The standard InChI is InChI=1S/C17H30O2/c1-3-4-5-6-7-8-9-10-11-12-13-14-15-16(2)17(18)19/h12-13H,2-11,14-15H2,1H3,(H,18,19). The smallest absolute Gasteiger partial charge is 0.330 e. The van der Waals surface area contributed by atoms with Crippen molar-refractivity contribution in [3.63, 3.8) is 0 Å². The number of aliphatic carboxylic acids is 1. The highest BCUT2D eigenvalue weighted by molar-refractivity contribution is 5.85. The summed E-state index contributed by atoms with van der Waals surface area (Å²) in [4.78, 5) is 10.5. The normalized spacial score (nSPS) is 11.0. The average Bonchev–Trinajstić information content (AvgIpc) is 2.39. The first-order valence-corrected chi connectivity index (χ1v) is 7.74. The van der Waals surface area contributed by atoms with Crippen molar-refractivity contribution in [1.29, 1.82) is 0 Å². The molecule has 0 heterocycles. The van der Waals surface area contributed by atoms with Gasteiger partial charge in [0.1, 0.15) is 0 Å². The number of carboxylic acid groups (broad SMARTS) is 1. The summed E-state index contributed by atoms with van der Waals surface area (Å²) in [6, 6.07) is 0. The molecule has 0 saturated heterocycles. The molecule has 0 aromatic heterocycles. The summed E-state index contributed by atoms with van der Waals surface area (Å²) in [7, 11) is 0. The third-order valence-corrected chi connectivity index (χ3v) is 3.31. The van der Waals surface area contributed by atoms with Crippen LogP contribution in [0.2, 0.25) is 0 Å². The number of hydrogen-bond acceptors (Lipinski definition) is 1. The highest BCUT2D eigenvalue weighted by Crippen LogP contribution is 2.10. The molecule has 0 aromatic carbocycles. The molecular weight excluding hydrogens is 236 g/mol. The second-order valence-electron chi connectivity index (χ2n) is 5.18. The molecule has 0 rings (SSSR count). The highest BCUT2D eigenvalue weighted by Gasteiger charge is 2.00. The molecule has 0 unspecified atom stereocenters. The van der Waals surface area contributed by atoms with E-state index in [9.17, 15) is 4.79 Å². The van der Waals surface area contributed by atoms with Gasteiger partial charge in [-0.2, -0.15) is 0 Å². The van der Waals surface area contributed by atoms with Gasteiger partial charge in [0.25, 0.3) is 0 Å². The lowest BCUT2D eigenvalue weighted by Gasteiger charge is -2.00. The van der Waals surface area contributed by atoms with Crippen molar-refractivity contribution >= 4 is 5.97 Å². The Balaban J connectivity index is 3.21. The molecule has 0 aromatic rings. The summed E-state index contributed by atoms with van der Waals surface area (Å²) in [6.07, 6.45) is 17.5. The van der Waals surface area contributed by atoms with Gasteiger partial charge in [-0.25, -0.2) is 4.79 Å². The molecule has 2 nitrogen and oxygen atoms in total. The number of allylic oxidation sites excluding steroid dienone is 2. The fourth-order valence-electron chi connectivity index (χ4n) is 2.00. The van der Waals surface area contributed by atoms with Crippen LogP contribution < -0.4 is 0 Å². The van der Waals surface area contributed by atoms with Gasteiger partial charge in [-0.1, -0.05) is 70.6 Å². The maximum atomic E-state index is 10.5. The summed E-state index contributed by atoms with van der Waals surface area (Å²) in [6.45, 7) is 5.76. The van der Waals surface area contributed by atoms with E-state index in [0.717, 1.165) is 12.8 Å². The molecule has 0 saturated carbocycles. The van der Waals surface area contributed by atoms with E-state index in [1.807, 2.05) is 0 Å². The quantitative estimate of drug-likeness (QED) is 0.272. The van der Waals surface area contributed by atoms with Crippen molar-refractivity contribution in [2.45, 2.75) is 77.6 Å². The zero-order valence-electron chi connectivity index (χ0n) is 12.5. The van der Waals surface area contributed by atoms with E-state index in [1.54, 1.807) is 0 Å². The average molecular weight is 266 g/mol. The Morgan fingerprint density at radius 3 is 2.05 bits per heavy atom. The number of unbranched alkanes of at least 4 members (excludes halogenated alkanes) is 8. The number of rotatable bonds is 13. The summed E-state index contributed by atoms with van der Waals surface area (Å²) in [5.74, 6) is -0.878. The fourth-order valence-corrected chi connectivity index (χ4v) is 2.00. The van der Waals surface area contributed by atoms with Crippen LogP contribution in [0.3, 0.4) is 0 Å². The van der Waals surface area contributed by atoms with Crippen LogP contribution in [0.15, 0.2) is 24.3 Å². The highest BCUT2D eigenvalue weighted by atomic mass is 16.4. The molecule has 0 amide bonds. The third kappa shape index (κ3) is 13.2. The molecule has 0 bridgehead atoms. The second-order valence-corrected chi connectivity index (χ2v) is 5.18. The molecule has 110 valence electrons. The van der Waals surface area contributed by atoms with Crippen LogP contribution in [0.4, 0.5) is 0 Å². The summed E-state index contributed by atoms with van der Waals surface area (Å²) >= 11 is 0. The molecule has 0 aliphatic heterocycles. The van der Waals surface area contributed by atoms with Gasteiger partial charge in [-0.3, -0.25) is 0 Å². The number of hydrogen-bond donors (Lipinski definition) is 1. The van der Waals surface area contributed by atoms with Crippen molar-refractivity contribution in [1.82, 2.24) is 0 Å². The van der Waals surface area contributed by atoms with E-state index in [1.165, 1.54) is 51.4 Å². The van der Waals surface area contributed by atoms with E-state index < -0.39 is 5.97 Å². The van der Waals surface area contributed by atoms with Crippen LogP contribution in [0.1, 0.15) is 77.6 Å². The van der Waals surface area contributed by atoms with Crippen LogP contribution in [-0.2, 0) is 4.79 Å². The summed E-state index contributed by atoms with van der Waals surface area (Å²) in [5, 5.41) is 8.64. The maximum Gasteiger partial charge on any atom is 0.330 e. The van der Waals surface area contributed by atoms with Crippen molar-refractivity contribution in [3.05, 3.63) is 24.3 Å². The van der Waals surface area contributed by atoms with Gasteiger partial charge in [0.2, 0.25) is 0 Å². The van der Waals surface area contributed by atoms with Crippen molar-refractivity contribution < 1.29 is 9.90 Å². The van der Waals surface area contributed by atoms with Crippen molar-refractivity contribution in [2.24, 2.45) is 0 Å². The van der Waals surface area contributed by atoms with E-state index in [4.69, 9.17) is 5.11 Å². The Morgan fingerprint density at radius 2 is 1.47 bits per heavy atom. The van der Waals surface area contributed by atoms with Gasteiger partial charge in [-0.15, -0.1) is 0 Å². The maximum absolute atomic E-state index is 10.5. The molecule has 1 N–H and O–H groups in total. The van der Waals surface area contributed by atoms with Gasteiger partial charge < -0.3 is 5.11 Å². The van der Waals surface area contributed by atoms with Crippen molar-refractivity contribution in [2.75, 3.05) is 0 Å². The SMILES string of the molecule is C=C(CCC=CCCCCCCCCCC)C(=O)O. The molecule has 0 aliphatic rings. The van der Waals surface area contributed by atoms with Crippen LogP contribution in [-0.4, -0.2) is 11.1 Å². The van der Waals surface area contributed by atoms with Gasteiger partial charge in [0.05, 0.1) is 0 Å². The first-order chi connectivity index (χ1) is 9.18. The summed E-state index contributed by atoms with van der Waals surface area (Å²) < 4.78 is 0. The first kappa shape index (κ1) is 17.9. The Kier molecular flexibility index (Phi) is 12.6. The monoisotopic (exact) mass is 266 g/mol. The van der Waals surface area contributed by atoms with Crippen molar-refractivity contribution in [3.8, 4) is 0 Å². The molecule has 0 fully saturated rings. The second kappa shape index (κ2) is 13.4. The van der Waals surface area contributed by atoms with Crippen LogP contribution in [0.5, 0.6) is 0 Å². The molecular formula is C17H30O2. The molecule has 0 spiro atoms. The minimum Gasteiger partial charge on any atom is -0.478 e. The van der Waals surface area contributed by atoms with E-state index in [-0.39, 0.29) is 0 Å². The Hall–Kier alpha value is -1.05. The van der Waals surface area contributed by atoms with Crippen LogP contribution >= 0.6 is 0 Å². The molecule has 0 aliphatic carbocycles. The fraction of sp³-hybridized carbons (Fsp3) is 0.706. The van der Waals surface area contributed by atoms with Gasteiger partial charge in [0.15, 0.2) is 0 Å². The van der Waals surface area contributed by atoms with Crippen LogP contribution in [0.25, 0.3) is 0 Å². The molecule has 0 radical (unpaired) electrons. The molecule has 2 heteroatoms. The zero-order chi connectivity index (χ0) is 14.3. The minimum atomic E-state index is -0.878. The lowest BCUT2D eigenvalue weighted by molar-refractivity contribution is -0.132. The zero-order valence-corrected chi connectivity index (χ0v) is 12.5. The first-order valence-electron chi connectivity index (χ1n) is 7.74. The number of carbonyl (C=O) groups is 1. The lowest BCUT2D eigenvalue weighted by atomic mass is 10.1. The number of carboxylic acids is 1. The van der Waals surface area contributed by atoms with E-state index in [0.29, 0.717) is 12.0 Å². The molecule has 0 atom stereocenters. The largest absolute Gasteiger partial charge is 0.478 e. The Morgan fingerprint density at radius 1 is 0.947 bits per heavy atom.